The van der Waals surface area contributed by atoms with Gasteiger partial charge >= 0.3 is 0 Å². The van der Waals surface area contributed by atoms with Crippen molar-refractivity contribution in [2.75, 3.05) is 12.3 Å². The SMILES string of the molecule is Cc1nn(C)c2sc(C(=O)NCC3CCC(O)C3)c(N)c12. The molecule has 0 saturated heterocycles. The maximum Gasteiger partial charge on any atom is 0.263 e. The predicted octanol–water partition coefficient (Wildman–Crippen LogP) is 1.42. The average Bonchev–Trinajstić information content (AvgIpc) is 3.06. The van der Waals surface area contributed by atoms with Gasteiger partial charge in [-0.15, -0.1) is 11.3 Å². The standard InChI is InChI=1S/C14H20N4O2S/c1-7-10-11(15)12(21-14(10)18(2)17-7)13(20)16-6-8-3-4-9(19)5-8/h8-9,19H,3-6,15H2,1-2H3,(H,16,20). The fourth-order valence-electron chi connectivity index (χ4n) is 3.05. The number of fused-ring (bicyclic) bond motifs is 1. The van der Waals surface area contributed by atoms with Gasteiger partial charge in [-0.1, -0.05) is 0 Å². The lowest BCUT2D eigenvalue weighted by molar-refractivity contribution is 0.0950. The van der Waals surface area contributed by atoms with Crippen molar-refractivity contribution in [3.05, 3.63) is 10.6 Å². The van der Waals surface area contributed by atoms with E-state index < -0.39 is 0 Å². The summed E-state index contributed by atoms with van der Waals surface area (Å²) in [7, 11) is 1.85. The Hall–Kier alpha value is -1.60. The number of aromatic nitrogens is 2. The number of hydrogen-bond acceptors (Lipinski definition) is 5. The zero-order valence-corrected chi connectivity index (χ0v) is 13.0. The first-order valence-electron chi connectivity index (χ1n) is 7.15. The molecule has 0 radical (unpaired) electrons. The number of nitrogens with zero attached hydrogens (tertiary/aromatic N) is 2. The van der Waals surface area contributed by atoms with Crippen LogP contribution in [0.4, 0.5) is 5.69 Å². The number of nitrogens with one attached hydrogen (secondary N) is 1. The third-order valence-electron chi connectivity index (χ3n) is 4.15. The van der Waals surface area contributed by atoms with Crippen molar-refractivity contribution in [3.63, 3.8) is 0 Å². The number of aliphatic hydroxyl groups excluding tert-OH is 1. The van der Waals surface area contributed by atoms with E-state index in [2.05, 4.69) is 10.4 Å². The number of amides is 1. The molecule has 1 aliphatic rings. The molecule has 2 aromatic heterocycles. The van der Waals surface area contributed by atoms with Crippen LogP contribution in [0.25, 0.3) is 10.2 Å². The number of nitrogens with two attached hydrogens (primary N) is 1. The second-order valence-electron chi connectivity index (χ2n) is 5.78. The molecule has 4 N–H and O–H groups in total. The molecule has 3 rings (SSSR count). The smallest absolute Gasteiger partial charge is 0.263 e. The molecule has 0 bridgehead atoms. The van der Waals surface area contributed by atoms with E-state index in [0.717, 1.165) is 35.2 Å². The molecule has 1 aliphatic carbocycles. The minimum atomic E-state index is -0.213. The van der Waals surface area contributed by atoms with E-state index in [-0.39, 0.29) is 12.0 Å². The van der Waals surface area contributed by atoms with Gasteiger partial charge in [0.1, 0.15) is 9.71 Å². The zero-order chi connectivity index (χ0) is 15.1. The highest BCUT2D eigenvalue weighted by molar-refractivity contribution is 7.21. The van der Waals surface area contributed by atoms with Crippen molar-refractivity contribution in [2.24, 2.45) is 13.0 Å². The van der Waals surface area contributed by atoms with Crippen LogP contribution in [0.2, 0.25) is 0 Å². The van der Waals surface area contributed by atoms with E-state index >= 15 is 0 Å². The van der Waals surface area contributed by atoms with Gasteiger partial charge < -0.3 is 16.2 Å². The Morgan fingerprint density at radius 2 is 2.33 bits per heavy atom. The van der Waals surface area contributed by atoms with Crippen molar-refractivity contribution < 1.29 is 9.90 Å². The summed E-state index contributed by atoms with van der Waals surface area (Å²) in [4.78, 5) is 13.8. The summed E-state index contributed by atoms with van der Waals surface area (Å²) in [6.07, 6.45) is 2.35. The van der Waals surface area contributed by atoms with E-state index in [1.54, 1.807) is 4.68 Å². The van der Waals surface area contributed by atoms with Crippen LogP contribution in [0.3, 0.4) is 0 Å². The number of anilines is 1. The van der Waals surface area contributed by atoms with Crippen molar-refractivity contribution >= 4 is 33.1 Å². The summed E-state index contributed by atoms with van der Waals surface area (Å²) >= 11 is 1.38. The normalized spacial score (nSPS) is 22.0. The second kappa shape index (κ2) is 5.31. The van der Waals surface area contributed by atoms with Crippen LogP contribution in [-0.4, -0.2) is 33.4 Å². The number of hydrogen-bond donors (Lipinski definition) is 3. The number of carbonyl (C=O) groups is 1. The molecule has 0 spiro atoms. The highest BCUT2D eigenvalue weighted by Crippen LogP contribution is 2.35. The summed E-state index contributed by atoms with van der Waals surface area (Å²) in [6, 6.07) is 0. The number of thiophene rings is 1. The summed E-state index contributed by atoms with van der Waals surface area (Å²) in [5.41, 5.74) is 7.48. The Balaban J connectivity index is 1.75. The lowest BCUT2D eigenvalue weighted by atomic mass is 10.1. The molecule has 1 fully saturated rings. The molecular formula is C14H20N4O2S. The van der Waals surface area contributed by atoms with Crippen LogP contribution < -0.4 is 11.1 Å². The van der Waals surface area contributed by atoms with Gasteiger partial charge in [-0.3, -0.25) is 9.48 Å². The van der Waals surface area contributed by atoms with Crippen molar-refractivity contribution in [1.82, 2.24) is 15.1 Å². The van der Waals surface area contributed by atoms with Crippen LogP contribution in [0.15, 0.2) is 0 Å². The minimum Gasteiger partial charge on any atom is -0.397 e. The Kier molecular flexibility index (Phi) is 3.62. The van der Waals surface area contributed by atoms with Gasteiger partial charge in [-0.25, -0.2) is 0 Å². The molecule has 2 aromatic rings. The first-order chi connectivity index (χ1) is 9.97. The van der Waals surface area contributed by atoms with E-state index in [0.29, 0.717) is 23.0 Å². The molecule has 1 saturated carbocycles. The maximum atomic E-state index is 12.3. The Morgan fingerprint density at radius 3 is 2.95 bits per heavy atom. The summed E-state index contributed by atoms with van der Waals surface area (Å²) < 4.78 is 1.76. The molecule has 2 unspecified atom stereocenters. The number of aliphatic hydroxyl groups is 1. The molecule has 6 nitrogen and oxygen atoms in total. The molecule has 114 valence electrons. The topological polar surface area (TPSA) is 93.2 Å². The van der Waals surface area contributed by atoms with E-state index in [1.165, 1.54) is 11.3 Å². The second-order valence-corrected chi connectivity index (χ2v) is 6.78. The molecule has 1 amide bonds. The Morgan fingerprint density at radius 1 is 1.57 bits per heavy atom. The predicted molar refractivity (Wildman–Crippen MR) is 83.4 cm³/mol. The van der Waals surface area contributed by atoms with E-state index in [1.807, 2.05) is 14.0 Å². The van der Waals surface area contributed by atoms with Gasteiger partial charge in [0, 0.05) is 13.6 Å². The summed E-state index contributed by atoms with van der Waals surface area (Å²) in [5.74, 6) is 0.234. The number of aryl methyl sites for hydroxylation is 2. The van der Waals surface area contributed by atoms with Crippen molar-refractivity contribution in [1.29, 1.82) is 0 Å². The molecule has 2 atom stereocenters. The largest absolute Gasteiger partial charge is 0.397 e. The van der Waals surface area contributed by atoms with Gasteiger partial charge in [-0.05, 0) is 32.1 Å². The summed E-state index contributed by atoms with van der Waals surface area (Å²) in [5, 5.41) is 17.7. The van der Waals surface area contributed by atoms with Gasteiger partial charge in [0.05, 0.1) is 22.9 Å². The Bertz CT molecular complexity index is 691. The number of rotatable bonds is 3. The van der Waals surface area contributed by atoms with E-state index in [9.17, 15) is 9.90 Å². The molecule has 0 aromatic carbocycles. The zero-order valence-electron chi connectivity index (χ0n) is 12.2. The quantitative estimate of drug-likeness (QED) is 0.799. The molecular weight excluding hydrogens is 288 g/mol. The Labute approximate surface area is 126 Å². The van der Waals surface area contributed by atoms with Crippen LogP contribution >= 0.6 is 11.3 Å². The van der Waals surface area contributed by atoms with Crippen LogP contribution in [0.5, 0.6) is 0 Å². The monoisotopic (exact) mass is 308 g/mol. The number of carbonyl (C=O) groups excluding carboxylic acids is 1. The van der Waals surface area contributed by atoms with Crippen LogP contribution in [0.1, 0.15) is 34.6 Å². The highest BCUT2D eigenvalue weighted by Gasteiger charge is 2.25. The third-order valence-corrected chi connectivity index (χ3v) is 5.42. The van der Waals surface area contributed by atoms with Gasteiger partial charge in [0.2, 0.25) is 0 Å². The van der Waals surface area contributed by atoms with Gasteiger partial charge in [-0.2, -0.15) is 5.10 Å². The molecule has 7 heteroatoms. The first kappa shape index (κ1) is 14.3. The van der Waals surface area contributed by atoms with Crippen molar-refractivity contribution in [2.45, 2.75) is 32.3 Å². The lowest BCUT2D eigenvalue weighted by Gasteiger charge is -2.10. The minimum absolute atomic E-state index is 0.130. The average molecular weight is 308 g/mol. The van der Waals surface area contributed by atoms with Crippen LogP contribution in [-0.2, 0) is 7.05 Å². The fraction of sp³-hybridized carbons (Fsp3) is 0.571. The molecule has 2 heterocycles. The lowest BCUT2D eigenvalue weighted by Crippen LogP contribution is -2.28. The van der Waals surface area contributed by atoms with Crippen LogP contribution in [0, 0.1) is 12.8 Å². The number of nitrogen functional groups attached to an aromatic ring is 1. The highest BCUT2D eigenvalue weighted by atomic mass is 32.1. The molecule has 21 heavy (non-hydrogen) atoms. The van der Waals surface area contributed by atoms with Gasteiger partial charge in [0.25, 0.3) is 5.91 Å². The third kappa shape index (κ3) is 2.51. The van der Waals surface area contributed by atoms with E-state index in [4.69, 9.17) is 5.73 Å². The fourth-order valence-corrected chi connectivity index (χ4v) is 4.15. The van der Waals surface area contributed by atoms with Gasteiger partial charge in [0.15, 0.2) is 0 Å². The molecule has 0 aliphatic heterocycles. The summed E-state index contributed by atoms with van der Waals surface area (Å²) in [6.45, 7) is 2.49. The maximum absolute atomic E-state index is 12.3. The first-order valence-corrected chi connectivity index (χ1v) is 7.96. The van der Waals surface area contributed by atoms with Crippen molar-refractivity contribution in [3.8, 4) is 0 Å².